The Balaban J connectivity index is 1.59. The largest absolute Gasteiger partial charge is 0.487 e. The van der Waals surface area contributed by atoms with Gasteiger partial charge in [0, 0.05) is 0 Å². The fourth-order valence-electron chi connectivity index (χ4n) is 3.15. The van der Waals surface area contributed by atoms with Gasteiger partial charge in [-0.1, -0.05) is 0 Å². The van der Waals surface area contributed by atoms with E-state index in [-0.39, 0.29) is 17.0 Å². The summed E-state index contributed by atoms with van der Waals surface area (Å²) >= 11 is 0. The molecule has 168 valence electrons. The highest BCUT2D eigenvalue weighted by molar-refractivity contribution is 8.31. The molecule has 2 aromatic heterocycles. The molecular weight excluding hydrogens is 483 g/mol. The molecule has 4 rings (SSSR count). The van der Waals surface area contributed by atoms with E-state index >= 15 is 0 Å². The summed E-state index contributed by atoms with van der Waals surface area (Å²) < 4.78 is 54.3. The van der Waals surface area contributed by atoms with Crippen molar-refractivity contribution < 1.29 is 51.6 Å². The van der Waals surface area contributed by atoms with Crippen molar-refractivity contribution in [2.45, 2.75) is 23.9 Å². The van der Waals surface area contributed by atoms with Crippen LogP contribution in [-0.2, 0) is 37.2 Å². The molecule has 2 aliphatic heterocycles. The maximum Gasteiger partial charge on any atom is 0.487 e. The van der Waals surface area contributed by atoms with Gasteiger partial charge in [0.25, 0.3) is 0 Å². The van der Waals surface area contributed by atoms with Gasteiger partial charge in [-0.05, 0) is 12.1 Å². The fourth-order valence-corrected chi connectivity index (χ4v) is 10.5. The number of phosphoric acid groups is 1. The smallest absolute Gasteiger partial charge is 0.387 e. The maximum atomic E-state index is 12.1. The lowest BCUT2D eigenvalue weighted by Crippen LogP contribution is -2.41. The predicted octanol–water partition coefficient (Wildman–Crippen LogP) is -0.392. The lowest BCUT2D eigenvalue weighted by molar-refractivity contribution is -0.0617. The number of nitrogen functional groups attached to an aromatic ring is 1. The van der Waals surface area contributed by atoms with E-state index in [1.165, 1.54) is 12.1 Å². The Morgan fingerprint density at radius 3 is 2.68 bits per heavy atom. The van der Waals surface area contributed by atoms with E-state index in [9.17, 15) is 34.1 Å². The second-order valence-electron chi connectivity index (χ2n) is 6.49. The van der Waals surface area contributed by atoms with Crippen molar-refractivity contribution in [1.82, 2.24) is 14.6 Å². The minimum atomic E-state index is -5.26. The lowest BCUT2D eigenvalue weighted by atomic mass is 9.92. The number of ether oxygens (including phenoxy) is 1. The summed E-state index contributed by atoms with van der Waals surface area (Å²) in [5, 5.41) is 34.6. The van der Waals surface area contributed by atoms with Gasteiger partial charge < -0.3 is 30.5 Å². The van der Waals surface area contributed by atoms with Crippen molar-refractivity contribution in [3.05, 3.63) is 24.2 Å². The Morgan fingerprint density at radius 2 is 2.06 bits per heavy atom. The number of hydrogen-bond acceptors (Lipinski definition) is 13. The summed E-state index contributed by atoms with van der Waals surface area (Å²) in [7, 11) is -14.9. The topological polar surface area (TPSA) is 249 Å². The van der Waals surface area contributed by atoms with Gasteiger partial charge in [-0.3, -0.25) is 4.52 Å². The number of anilines is 1. The maximum absolute atomic E-state index is 12.1. The molecule has 2 aliphatic rings. The summed E-state index contributed by atoms with van der Waals surface area (Å²) in [6, 6.07) is 4.55. The minimum absolute atomic E-state index is 0.0278. The highest BCUT2D eigenvalue weighted by atomic mass is 32.1. The van der Waals surface area contributed by atoms with Gasteiger partial charge in [0.2, 0.25) is 5.60 Å². The molecule has 19 heteroatoms. The molecule has 0 spiro atoms. The molecule has 5 atom stereocenters. The van der Waals surface area contributed by atoms with Crippen molar-refractivity contribution in [2.24, 2.45) is 0 Å². The van der Waals surface area contributed by atoms with Crippen LogP contribution in [-0.4, -0.2) is 59.5 Å². The quantitative estimate of drug-likeness (QED) is 0.330. The highest BCUT2D eigenvalue weighted by Gasteiger charge is 2.66. The van der Waals surface area contributed by atoms with E-state index in [1.807, 2.05) is 0 Å². The zero-order valence-electron chi connectivity index (χ0n) is 15.0. The average molecular weight is 497 g/mol. The van der Waals surface area contributed by atoms with E-state index < -0.39 is 52.9 Å². The molecule has 2 fully saturated rings. The number of nitriles is 1. The molecule has 0 radical (unpaired) electrons. The normalized spacial score (nSPS) is 39.6. The number of nitrogens with two attached hydrogens (primary N) is 1. The molecule has 16 nitrogen and oxygen atoms in total. The summed E-state index contributed by atoms with van der Waals surface area (Å²) in [6.07, 6.45) is -4.16. The van der Waals surface area contributed by atoms with Crippen LogP contribution in [0.5, 0.6) is 0 Å². The number of aliphatic hydroxyl groups is 2. The standard InChI is InChI=1S/C12H14N5O11P3/c13-4-12(8-2-1-6-11(14)15-5-16-17(6)8)10(19)9(18)7(26-12)3-25-30(22,23)31(24)27-29(20,21)28-31/h1-2,5,7,9-10,18-19H,3H2,(H,20,21)(H,22,23)(H2,14,15,16)/t7-,9-,10-,12+/m1/s1. The zero-order chi connectivity index (χ0) is 22.8. The van der Waals surface area contributed by atoms with E-state index in [4.69, 9.17) is 15.4 Å². The van der Waals surface area contributed by atoms with E-state index in [2.05, 4.69) is 23.2 Å². The van der Waals surface area contributed by atoms with Crippen molar-refractivity contribution in [3.63, 3.8) is 0 Å². The SMILES string of the molecule is N#C[C@@]1(c2ccc3c(N)ncnn23)O[C@H](COP(=O)(O)P2(=O)OP(=O)(O)O2)[C@@H](O)[C@H]1O. The van der Waals surface area contributed by atoms with E-state index in [0.717, 1.165) is 10.8 Å². The Kier molecular flexibility index (Phi) is 5.18. The first-order chi connectivity index (χ1) is 14.4. The number of rotatable bonds is 5. The first-order valence-electron chi connectivity index (χ1n) is 8.23. The molecule has 4 heterocycles. The second kappa shape index (κ2) is 7.14. The van der Waals surface area contributed by atoms with E-state index in [1.54, 1.807) is 6.07 Å². The van der Waals surface area contributed by atoms with Crippen LogP contribution in [0.2, 0.25) is 0 Å². The van der Waals surface area contributed by atoms with Gasteiger partial charge in [0.1, 0.15) is 36.2 Å². The van der Waals surface area contributed by atoms with Gasteiger partial charge in [0.15, 0.2) is 5.82 Å². The molecule has 0 saturated carbocycles. The molecule has 2 aromatic rings. The first kappa shape index (κ1) is 22.5. The van der Waals surface area contributed by atoms with Crippen LogP contribution in [0.15, 0.2) is 18.5 Å². The van der Waals surface area contributed by atoms with Crippen LogP contribution < -0.4 is 5.73 Å². The van der Waals surface area contributed by atoms with Crippen molar-refractivity contribution in [1.29, 1.82) is 5.26 Å². The predicted molar refractivity (Wildman–Crippen MR) is 97.0 cm³/mol. The summed E-state index contributed by atoms with van der Waals surface area (Å²) in [5.41, 5.74) is 3.79. The number of fused-ring (bicyclic) bond motifs is 1. The Hall–Kier alpha value is -1.72. The zero-order valence-corrected chi connectivity index (χ0v) is 17.7. The fraction of sp³-hybridized carbons (Fsp3) is 0.417. The number of nitrogens with zero attached hydrogens (tertiary/aromatic N) is 4. The van der Waals surface area contributed by atoms with Gasteiger partial charge in [-0.2, -0.15) is 19.0 Å². The summed E-state index contributed by atoms with van der Waals surface area (Å²) in [4.78, 5) is 22.4. The Morgan fingerprint density at radius 1 is 1.39 bits per heavy atom. The van der Waals surface area contributed by atoms with Crippen molar-refractivity contribution in [3.8, 4) is 6.07 Å². The third kappa shape index (κ3) is 3.36. The molecule has 0 amide bonds. The minimum Gasteiger partial charge on any atom is -0.387 e. The molecule has 0 aromatic carbocycles. The third-order valence-corrected chi connectivity index (χ3v) is 12.5. The second-order valence-corrected chi connectivity index (χ2v) is 13.9. The molecule has 6 N–H and O–H groups in total. The van der Waals surface area contributed by atoms with Crippen LogP contribution in [0.1, 0.15) is 5.69 Å². The monoisotopic (exact) mass is 497 g/mol. The Labute approximate surface area is 172 Å². The van der Waals surface area contributed by atoms with Crippen LogP contribution in [0.25, 0.3) is 5.52 Å². The van der Waals surface area contributed by atoms with Crippen molar-refractivity contribution in [2.75, 3.05) is 12.3 Å². The molecule has 0 aliphatic carbocycles. The molecule has 2 saturated heterocycles. The molecule has 31 heavy (non-hydrogen) atoms. The van der Waals surface area contributed by atoms with Gasteiger partial charge in [-0.25, -0.2) is 23.2 Å². The third-order valence-electron chi connectivity index (χ3n) is 4.62. The lowest BCUT2D eigenvalue weighted by Gasteiger charge is -2.31. The molecular formula is C12H14N5O11P3. The average Bonchev–Trinajstić information content (AvgIpc) is 3.21. The highest BCUT2D eigenvalue weighted by Crippen LogP contribution is 2.96. The number of aromatic nitrogens is 3. The van der Waals surface area contributed by atoms with Crippen LogP contribution >= 0.6 is 22.4 Å². The summed E-state index contributed by atoms with van der Waals surface area (Å²) in [6.45, 7) is -0.970. The van der Waals surface area contributed by atoms with Crippen LogP contribution in [0, 0.1) is 11.3 Å². The summed E-state index contributed by atoms with van der Waals surface area (Å²) in [5.74, 6) is 0.0647. The Bertz CT molecular complexity index is 1230. The van der Waals surface area contributed by atoms with Gasteiger partial charge in [-0.15, -0.1) is 0 Å². The number of hydrogen-bond donors (Lipinski definition) is 5. The van der Waals surface area contributed by atoms with Gasteiger partial charge >= 0.3 is 22.4 Å². The number of aliphatic hydroxyl groups excluding tert-OH is 2. The molecule has 1 unspecified atom stereocenters. The van der Waals surface area contributed by atoms with Crippen molar-refractivity contribution >= 4 is 33.7 Å². The van der Waals surface area contributed by atoms with Gasteiger partial charge in [0.05, 0.1) is 12.3 Å². The van der Waals surface area contributed by atoms with Crippen LogP contribution in [0.3, 0.4) is 0 Å². The first-order valence-corrected chi connectivity index (χ1v) is 13.6. The molecule has 0 bridgehead atoms. The van der Waals surface area contributed by atoms with Crippen LogP contribution in [0.4, 0.5) is 5.82 Å². The van der Waals surface area contributed by atoms with E-state index in [0.29, 0.717) is 0 Å².